The van der Waals surface area contributed by atoms with Crippen molar-refractivity contribution in [2.24, 2.45) is 61.1 Å². The number of ether oxygens (including phenoxy) is 2. The Balaban J connectivity index is 0.000000145. The molecule has 6 atom stereocenters. The lowest BCUT2D eigenvalue weighted by Crippen LogP contribution is -2.41. The van der Waals surface area contributed by atoms with Crippen LogP contribution in [0.5, 0.6) is 11.5 Å². The number of nitrogens with one attached hydrogen (secondary N) is 2. The number of amides is 4. The van der Waals surface area contributed by atoms with Crippen LogP contribution in [0, 0.1) is 35.5 Å². The highest BCUT2D eigenvalue weighted by molar-refractivity contribution is 6.02. The quantitative estimate of drug-likeness (QED) is 0.0812. The standard InChI is InChI=1S/2C34H40N6O3/c2*1-36-33(41)22-11-21(12-22)24-6-4-5-19-14-27(39(30(19)24)16-18-7-8-18)32-37-25-13-23(15-28(43-3)31(25)38(32)2)34(42)40-17-20-9-10-26(40)29(20)35/h2*4-6,13-15,18,20-22,26,29H,7-12,16-17,35H2,1-3H3,(H,36,41)/t2*20-,21?,22?,26-,29-/m11/s1. The summed E-state index contributed by atoms with van der Waals surface area (Å²) in [7, 11) is 10.8. The largest absolute Gasteiger partial charge is 0.494 e. The van der Waals surface area contributed by atoms with E-state index in [1.807, 2.05) is 48.2 Å². The van der Waals surface area contributed by atoms with E-state index in [0.717, 1.165) is 123 Å². The van der Waals surface area contributed by atoms with Crippen molar-refractivity contribution in [2.45, 2.75) is 126 Å². The second-order valence-corrected chi connectivity index (χ2v) is 26.7. The predicted molar refractivity (Wildman–Crippen MR) is 332 cm³/mol. The predicted octanol–water partition coefficient (Wildman–Crippen LogP) is 8.83. The van der Waals surface area contributed by atoms with E-state index < -0.39 is 0 Å². The highest BCUT2D eigenvalue weighted by Crippen LogP contribution is 2.49. The summed E-state index contributed by atoms with van der Waals surface area (Å²) in [4.78, 5) is 66.2. The molecule has 8 fully saturated rings. The van der Waals surface area contributed by atoms with Gasteiger partial charge >= 0.3 is 0 Å². The zero-order valence-corrected chi connectivity index (χ0v) is 50.4. The topological polar surface area (TPSA) is 215 Å². The number of hydrogen-bond acceptors (Lipinski definition) is 10. The molecular weight excluding hydrogens is 1080 g/mol. The van der Waals surface area contributed by atoms with Gasteiger partial charge in [0.2, 0.25) is 11.8 Å². The van der Waals surface area contributed by atoms with Crippen molar-refractivity contribution in [1.29, 1.82) is 0 Å². The highest BCUT2D eigenvalue weighted by Gasteiger charge is 2.49. The van der Waals surface area contributed by atoms with Gasteiger partial charge in [-0.25, -0.2) is 9.97 Å². The fraction of sp³-hybridized carbons (Fsp3) is 0.500. The van der Waals surface area contributed by atoms with Crippen LogP contribution in [-0.4, -0.2) is 127 Å². The summed E-state index contributed by atoms with van der Waals surface area (Å²) < 4.78 is 20.9. The second-order valence-electron chi connectivity index (χ2n) is 26.7. The Bertz CT molecular complexity index is 3820. The number of piperidine rings is 2. The summed E-state index contributed by atoms with van der Waals surface area (Å²) in [5, 5.41) is 8.03. The van der Waals surface area contributed by atoms with E-state index in [-0.39, 0.29) is 59.6 Å². The molecule has 0 spiro atoms. The van der Waals surface area contributed by atoms with Crippen LogP contribution in [0.1, 0.15) is 121 Å². The van der Waals surface area contributed by atoms with Crippen LogP contribution in [-0.2, 0) is 36.8 Å². The van der Waals surface area contributed by atoms with Gasteiger partial charge < -0.3 is 59.6 Å². The first-order chi connectivity index (χ1) is 41.7. The maximum Gasteiger partial charge on any atom is 0.254 e. The van der Waals surface area contributed by atoms with Crippen LogP contribution in [0.3, 0.4) is 0 Å². The van der Waals surface area contributed by atoms with E-state index in [1.54, 1.807) is 28.3 Å². The number of benzene rings is 4. The molecule has 0 radical (unpaired) electrons. The molecule has 86 heavy (non-hydrogen) atoms. The molecule has 8 aliphatic rings. The van der Waals surface area contributed by atoms with E-state index >= 15 is 0 Å². The number of hydrogen-bond donors (Lipinski definition) is 4. The number of nitrogens with zero attached hydrogens (tertiary/aromatic N) is 8. The van der Waals surface area contributed by atoms with Gasteiger partial charge in [0.05, 0.1) is 47.7 Å². The first-order valence-electron chi connectivity index (χ1n) is 31.6. The number of rotatable bonds is 14. The fourth-order valence-corrected chi connectivity index (χ4v) is 16.3. The van der Waals surface area contributed by atoms with Crippen LogP contribution >= 0.6 is 0 Å². The number of aromatic nitrogens is 6. The minimum absolute atomic E-state index is 0.0121. The molecule has 4 aromatic heterocycles. The third kappa shape index (κ3) is 8.91. The van der Waals surface area contributed by atoms with E-state index in [1.165, 1.54) is 58.6 Å². The molecule has 6 heterocycles. The molecule has 8 aromatic rings. The number of fused-ring (bicyclic) bond motifs is 8. The first-order valence-corrected chi connectivity index (χ1v) is 31.6. The number of imidazole rings is 2. The van der Waals surface area contributed by atoms with Crippen LogP contribution in [0.2, 0.25) is 0 Å². The molecular formula is C68H80N12O6. The van der Waals surface area contributed by atoms with Gasteiger partial charge in [-0.05, 0) is 160 Å². The molecule has 6 N–H and O–H groups in total. The summed E-state index contributed by atoms with van der Waals surface area (Å²) in [5.74, 6) is 6.37. The van der Waals surface area contributed by atoms with Gasteiger partial charge in [-0.2, -0.15) is 0 Å². The summed E-state index contributed by atoms with van der Waals surface area (Å²) in [6.07, 6.45) is 12.7. The van der Waals surface area contributed by atoms with Crippen LogP contribution in [0.4, 0.5) is 0 Å². The van der Waals surface area contributed by atoms with Gasteiger partial charge in [-0.15, -0.1) is 0 Å². The number of likely N-dealkylation sites (tertiary alicyclic amines) is 2. The van der Waals surface area contributed by atoms with Crippen LogP contribution in [0.25, 0.3) is 66.9 Å². The molecule has 448 valence electrons. The summed E-state index contributed by atoms with van der Waals surface area (Å²) in [5.41, 5.74) is 24.7. The van der Waals surface area contributed by atoms with Crippen molar-refractivity contribution >= 4 is 67.5 Å². The molecule has 2 saturated heterocycles. The zero-order chi connectivity index (χ0) is 59.1. The number of carbonyl (C=O) groups is 4. The van der Waals surface area contributed by atoms with Crippen molar-refractivity contribution in [3.8, 4) is 34.5 Å². The maximum absolute atomic E-state index is 13.7. The number of nitrogens with two attached hydrogens (primary N) is 2. The molecule has 4 aromatic carbocycles. The van der Waals surface area contributed by atoms with Crippen molar-refractivity contribution in [1.82, 2.24) is 48.7 Å². The van der Waals surface area contributed by atoms with E-state index in [9.17, 15) is 19.2 Å². The molecule has 4 bridgehead atoms. The smallest absolute Gasteiger partial charge is 0.254 e. The lowest BCUT2D eigenvalue weighted by atomic mass is 9.70. The lowest BCUT2D eigenvalue weighted by molar-refractivity contribution is -0.128. The fourth-order valence-electron chi connectivity index (χ4n) is 16.3. The molecule has 2 aliphatic heterocycles. The van der Waals surface area contributed by atoms with Crippen molar-refractivity contribution in [2.75, 3.05) is 41.4 Å². The normalized spacial score (nSPS) is 26.3. The molecule has 4 amide bonds. The monoisotopic (exact) mass is 1160 g/mol. The molecule has 6 saturated carbocycles. The number of methoxy groups -OCH3 is 2. The van der Waals surface area contributed by atoms with Gasteiger partial charge in [0.25, 0.3) is 11.8 Å². The number of aryl methyl sites for hydroxylation is 2. The third-order valence-electron chi connectivity index (χ3n) is 21.7. The van der Waals surface area contributed by atoms with Crippen molar-refractivity contribution in [3.05, 3.63) is 95.1 Å². The molecule has 18 nitrogen and oxygen atoms in total. The average Bonchev–Trinajstić information content (AvgIpc) is 1.79. The van der Waals surface area contributed by atoms with Crippen molar-refractivity contribution < 1.29 is 28.7 Å². The highest BCUT2D eigenvalue weighted by atomic mass is 16.5. The van der Waals surface area contributed by atoms with Gasteiger partial charge in [-0.1, -0.05) is 36.4 Å². The Morgan fingerprint density at radius 2 is 0.953 bits per heavy atom. The first kappa shape index (κ1) is 54.9. The Hall–Kier alpha value is -7.70. The summed E-state index contributed by atoms with van der Waals surface area (Å²) in [6.45, 7) is 3.35. The molecule has 18 heteroatoms. The van der Waals surface area contributed by atoms with Gasteiger partial charge in [0, 0.05) is 112 Å². The Morgan fingerprint density at radius 3 is 1.29 bits per heavy atom. The van der Waals surface area contributed by atoms with E-state index in [4.69, 9.17) is 30.9 Å². The summed E-state index contributed by atoms with van der Waals surface area (Å²) >= 11 is 0. The maximum atomic E-state index is 13.7. The van der Waals surface area contributed by atoms with Gasteiger partial charge in [0.15, 0.2) is 11.6 Å². The van der Waals surface area contributed by atoms with Crippen molar-refractivity contribution in [3.63, 3.8) is 0 Å². The lowest BCUT2D eigenvalue weighted by Gasteiger charge is -2.35. The number of carbonyl (C=O) groups excluding carboxylic acids is 4. The van der Waals surface area contributed by atoms with E-state index in [2.05, 4.69) is 77.4 Å². The zero-order valence-electron chi connectivity index (χ0n) is 50.4. The molecule has 16 rings (SSSR count). The van der Waals surface area contributed by atoms with E-state index in [0.29, 0.717) is 58.1 Å². The second kappa shape index (κ2) is 21.0. The van der Waals surface area contributed by atoms with Gasteiger partial charge in [0.1, 0.15) is 22.5 Å². The minimum atomic E-state index is 0.0121. The average molecular weight is 1160 g/mol. The Labute approximate surface area is 500 Å². The van der Waals surface area contributed by atoms with Crippen LogP contribution < -0.4 is 31.6 Å². The van der Waals surface area contributed by atoms with Gasteiger partial charge in [-0.3, -0.25) is 19.2 Å². The molecule has 0 unspecified atom stereocenters. The SMILES string of the molecule is CNC(=O)C1CC(c2cccc3cc(-c4nc5cc(C(=O)N6C[C@H]7CC[C@@H]6[C@@H]7N)cc(OC)c5n4C)n(CC4CC4)c23)C1.CNC(=O)C1CC(c2cccc3cc(-c4nc5cc(C(=O)N6C[C@H]7CC[C@@H]6[C@@H]7N)cc(OC)c5n4C)n(CC4CC4)c23)C1. The summed E-state index contributed by atoms with van der Waals surface area (Å²) in [6, 6.07) is 25.6. The van der Waals surface area contributed by atoms with Crippen LogP contribution in [0.15, 0.2) is 72.8 Å². The molecule has 6 aliphatic carbocycles. The minimum Gasteiger partial charge on any atom is -0.494 e. The Kier molecular flexibility index (Phi) is 13.4. The number of para-hydroxylation sites is 2. The third-order valence-corrected chi connectivity index (χ3v) is 21.7. The Morgan fingerprint density at radius 1 is 0.547 bits per heavy atom.